The summed E-state index contributed by atoms with van der Waals surface area (Å²) in [6.07, 6.45) is 4.09. The van der Waals surface area contributed by atoms with Crippen LogP contribution in [-0.4, -0.2) is 29.5 Å². The number of nitriles is 1. The zero-order valence-corrected chi connectivity index (χ0v) is 15.3. The fraction of sp³-hybridized carbons (Fsp3) is 0.333. The fourth-order valence-corrected chi connectivity index (χ4v) is 3.47. The maximum atomic E-state index is 9.44. The largest absolute Gasteiger partial charge is 0.468 e. The van der Waals surface area contributed by atoms with E-state index in [9.17, 15) is 5.26 Å². The van der Waals surface area contributed by atoms with Gasteiger partial charge in [0.25, 0.3) is 0 Å². The lowest BCUT2D eigenvalue weighted by Crippen LogP contribution is -2.30. The summed E-state index contributed by atoms with van der Waals surface area (Å²) < 4.78 is 11.5. The highest BCUT2D eigenvalue weighted by Gasteiger charge is 2.26. The van der Waals surface area contributed by atoms with Crippen LogP contribution in [0.3, 0.4) is 0 Å². The number of likely N-dealkylation sites (tertiary alicyclic amines) is 1. The number of hydrogen-bond donors (Lipinski definition) is 1. The van der Waals surface area contributed by atoms with E-state index in [-0.39, 0.29) is 11.7 Å². The Balaban J connectivity index is 1.54. The molecule has 27 heavy (non-hydrogen) atoms. The summed E-state index contributed by atoms with van der Waals surface area (Å²) in [5.41, 5.74) is 2.29. The molecule has 4 rings (SSSR count). The summed E-state index contributed by atoms with van der Waals surface area (Å²) in [6, 6.07) is 14.0. The topological polar surface area (TPSA) is 78.2 Å². The molecule has 1 aliphatic rings. The van der Waals surface area contributed by atoms with Crippen molar-refractivity contribution in [2.75, 3.05) is 25.0 Å². The maximum Gasteiger partial charge on any atom is 0.232 e. The van der Waals surface area contributed by atoms with Gasteiger partial charge in [0.2, 0.25) is 17.5 Å². The zero-order chi connectivity index (χ0) is 18.6. The van der Waals surface area contributed by atoms with Crippen molar-refractivity contribution in [3.8, 4) is 17.5 Å². The molecule has 2 aromatic heterocycles. The summed E-state index contributed by atoms with van der Waals surface area (Å²) >= 11 is 0. The minimum absolute atomic E-state index is 0.0990. The van der Waals surface area contributed by atoms with Gasteiger partial charge in [-0.15, -0.1) is 0 Å². The molecule has 3 aromatic rings. The van der Waals surface area contributed by atoms with Gasteiger partial charge in [0.1, 0.15) is 11.8 Å². The van der Waals surface area contributed by atoms with E-state index in [2.05, 4.69) is 21.3 Å². The Hall–Kier alpha value is -3.04. The van der Waals surface area contributed by atoms with Crippen molar-refractivity contribution in [3.63, 3.8) is 0 Å². The van der Waals surface area contributed by atoms with E-state index in [1.807, 2.05) is 43.3 Å². The lowest BCUT2D eigenvalue weighted by molar-refractivity contribution is 0.224. The number of nitrogens with zero attached hydrogens (tertiary/aromatic N) is 3. The van der Waals surface area contributed by atoms with Crippen molar-refractivity contribution in [1.29, 1.82) is 5.26 Å². The minimum Gasteiger partial charge on any atom is -0.468 e. The van der Waals surface area contributed by atoms with Crippen LogP contribution in [-0.2, 0) is 0 Å². The number of anilines is 1. The van der Waals surface area contributed by atoms with Gasteiger partial charge in [-0.2, -0.15) is 10.2 Å². The first-order valence-electron chi connectivity index (χ1n) is 9.24. The Kier molecular flexibility index (Phi) is 4.95. The molecule has 6 heteroatoms. The molecule has 1 aliphatic heterocycles. The van der Waals surface area contributed by atoms with Crippen LogP contribution in [0.25, 0.3) is 11.5 Å². The lowest BCUT2D eigenvalue weighted by Gasteiger charge is -2.25. The molecule has 138 valence electrons. The average molecular weight is 362 g/mol. The Morgan fingerprint density at radius 3 is 2.67 bits per heavy atom. The standard InChI is InChI=1S/C21H22N4O2/c1-15-6-8-16(9-7-15)20-24-17(13-22)21(27-20)23-14-18(19-5-4-12-26-19)25-10-2-3-11-25/h4-9,12,18,23H,2-3,10-11,14H2,1H3/t18-/m1/s1. The van der Waals surface area contributed by atoms with E-state index < -0.39 is 0 Å². The number of benzene rings is 1. The van der Waals surface area contributed by atoms with Crippen molar-refractivity contribution >= 4 is 5.88 Å². The van der Waals surface area contributed by atoms with Crippen molar-refractivity contribution in [3.05, 3.63) is 59.7 Å². The van der Waals surface area contributed by atoms with Crippen molar-refractivity contribution < 1.29 is 8.83 Å². The Bertz CT molecular complexity index is 916. The number of oxazole rings is 1. The van der Waals surface area contributed by atoms with Gasteiger partial charge in [-0.1, -0.05) is 17.7 Å². The molecule has 0 unspecified atom stereocenters. The molecule has 0 saturated carbocycles. The quantitative estimate of drug-likeness (QED) is 0.702. The number of aryl methyl sites for hydroxylation is 1. The van der Waals surface area contributed by atoms with E-state index in [4.69, 9.17) is 8.83 Å². The summed E-state index contributed by atoms with van der Waals surface area (Å²) in [6.45, 7) is 4.71. The van der Waals surface area contributed by atoms with Gasteiger partial charge in [0.05, 0.1) is 12.3 Å². The van der Waals surface area contributed by atoms with Crippen molar-refractivity contribution in [1.82, 2.24) is 9.88 Å². The van der Waals surface area contributed by atoms with Crippen LogP contribution in [0.2, 0.25) is 0 Å². The van der Waals surface area contributed by atoms with Gasteiger partial charge in [0, 0.05) is 12.1 Å². The first kappa shape index (κ1) is 17.4. The molecule has 1 atom stereocenters. The van der Waals surface area contributed by atoms with Gasteiger partial charge in [0.15, 0.2) is 0 Å². The third-order valence-corrected chi connectivity index (χ3v) is 4.94. The van der Waals surface area contributed by atoms with Crippen LogP contribution in [0.15, 0.2) is 51.5 Å². The molecule has 3 heterocycles. The number of furan rings is 1. The van der Waals surface area contributed by atoms with Gasteiger partial charge in [-0.25, -0.2) is 0 Å². The number of rotatable bonds is 6. The third kappa shape index (κ3) is 3.74. The van der Waals surface area contributed by atoms with Crippen LogP contribution < -0.4 is 5.32 Å². The Morgan fingerprint density at radius 2 is 2.00 bits per heavy atom. The van der Waals surface area contributed by atoms with E-state index in [1.54, 1.807) is 6.26 Å². The number of aromatic nitrogens is 1. The SMILES string of the molecule is Cc1ccc(-c2nc(C#N)c(NC[C@H](c3ccco3)N3CCCC3)o2)cc1. The third-order valence-electron chi connectivity index (χ3n) is 4.94. The van der Waals surface area contributed by atoms with Gasteiger partial charge >= 0.3 is 0 Å². The molecule has 0 spiro atoms. The van der Waals surface area contributed by atoms with Crippen LogP contribution in [0.1, 0.15) is 35.9 Å². The maximum absolute atomic E-state index is 9.44. The van der Waals surface area contributed by atoms with E-state index >= 15 is 0 Å². The monoisotopic (exact) mass is 362 g/mol. The summed E-state index contributed by atoms with van der Waals surface area (Å²) in [7, 11) is 0. The predicted octanol–water partition coefficient (Wildman–Crippen LogP) is 4.36. The van der Waals surface area contributed by atoms with Gasteiger partial charge in [-0.3, -0.25) is 4.90 Å². The van der Waals surface area contributed by atoms with Crippen molar-refractivity contribution in [2.45, 2.75) is 25.8 Å². The van der Waals surface area contributed by atoms with Crippen molar-refractivity contribution in [2.24, 2.45) is 0 Å². The summed E-state index contributed by atoms with van der Waals surface area (Å²) in [5.74, 6) is 1.77. The highest BCUT2D eigenvalue weighted by molar-refractivity contribution is 5.59. The fourth-order valence-electron chi connectivity index (χ4n) is 3.47. The van der Waals surface area contributed by atoms with E-state index in [0.717, 1.165) is 30.0 Å². The normalized spacial score (nSPS) is 15.6. The molecule has 0 amide bonds. The number of nitrogens with one attached hydrogen (secondary N) is 1. The summed E-state index contributed by atoms with van der Waals surface area (Å²) in [5, 5.41) is 12.7. The van der Waals surface area contributed by atoms with Gasteiger partial charge in [-0.05, 0) is 57.1 Å². The van der Waals surface area contributed by atoms with Gasteiger partial charge < -0.3 is 14.2 Å². The van der Waals surface area contributed by atoms with Crippen LogP contribution in [0.5, 0.6) is 0 Å². The molecule has 1 aromatic carbocycles. The Morgan fingerprint density at radius 1 is 1.22 bits per heavy atom. The number of hydrogen-bond acceptors (Lipinski definition) is 6. The molecule has 0 radical (unpaired) electrons. The van der Waals surface area contributed by atoms with E-state index in [1.165, 1.54) is 12.8 Å². The smallest absolute Gasteiger partial charge is 0.232 e. The van der Waals surface area contributed by atoms with Crippen LogP contribution >= 0.6 is 0 Å². The first-order chi connectivity index (χ1) is 13.2. The molecule has 0 aliphatic carbocycles. The second-order valence-electron chi connectivity index (χ2n) is 6.83. The minimum atomic E-state index is 0.0990. The molecular formula is C21H22N4O2. The van der Waals surface area contributed by atoms with Crippen LogP contribution in [0.4, 0.5) is 5.88 Å². The lowest BCUT2D eigenvalue weighted by atomic mass is 10.1. The predicted molar refractivity (Wildman–Crippen MR) is 102 cm³/mol. The first-order valence-corrected chi connectivity index (χ1v) is 9.24. The Labute approximate surface area is 158 Å². The molecule has 1 N–H and O–H groups in total. The van der Waals surface area contributed by atoms with Crippen LogP contribution in [0, 0.1) is 18.3 Å². The molecule has 0 bridgehead atoms. The molecular weight excluding hydrogens is 340 g/mol. The molecule has 6 nitrogen and oxygen atoms in total. The average Bonchev–Trinajstić information content (AvgIpc) is 3.45. The molecule has 1 fully saturated rings. The summed E-state index contributed by atoms with van der Waals surface area (Å²) in [4.78, 5) is 6.74. The highest BCUT2D eigenvalue weighted by Crippen LogP contribution is 2.29. The zero-order valence-electron chi connectivity index (χ0n) is 15.3. The second kappa shape index (κ2) is 7.68. The van der Waals surface area contributed by atoms with E-state index in [0.29, 0.717) is 18.3 Å². The second-order valence-corrected chi connectivity index (χ2v) is 6.83. The molecule has 1 saturated heterocycles. The highest BCUT2D eigenvalue weighted by atomic mass is 16.4.